The van der Waals surface area contributed by atoms with E-state index in [4.69, 9.17) is 4.98 Å². The summed E-state index contributed by atoms with van der Waals surface area (Å²) < 4.78 is 1.10. The lowest BCUT2D eigenvalue weighted by Gasteiger charge is -2.30. The van der Waals surface area contributed by atoms with Gasteiger partial charge in [0.2, 0.25) is 0 Å². The minimum absolute atomic E-state index is 0.426. The van der Waals surface area contributed by atoms with Crippen molar-refractivity contribution in [3.63, 3.8) is 0 Å². The van der Waals surface area contributed by atoms with E-state index in [0.717, 1.165) is 39.2 Å². The van der Waals surface area contributed by atoms with Crippen molar-refractivity contribution in [3.05, 3.63) is 15.6 Å². The van der Waals surface area contributed by atoms with Crippen LogP contribution < -0.4 is 5.32 Å². The Balaban J connectivity index is 2.11. The Labute approximate surface area is 137 Å². The van der Waals surface area contributed by atoms with Crippen LogP contribution in [0.1, 0.15) is 38.3 Å². The van der Waals surface area contributed by atoms with Gasteiger partial charge in [-0.25, -0.2) is 9.97 Å². The molecule has 3 unspecified atom stereocenters. The van der Waals surface area contributed by atoms with Crippen molar-refractivity contribution in [2.75, 3.05) is 17.6 Å². The molecule has 106 valence electrons. The van der Waals surface area contributed by atoms with Gasteiger partial charge in [0, 0.05) is 29.0 Å². The quantitative estimate of drug-likeness (QED) is 0.755. The minimum Gasteiger partial charge on any atom is -0.369 e. The number of halogens is 1. The molecule has 1 aromatic rings. The highest BCUT2D eigenvalue weighted by molar-refractivity contribution is 14.1. The number of rotatable bonds is 4. The van der Waals surface area contributed by atoms with E-state index in [2.05, 4.69) is 53.7 Å². The molecule has 1 fully saturated rings. The smallest absolute Gasteiger partial charge is 0.144 e. The average molecular weight is 409 g/mol. The van der Waals surface area contributed by atoms with Gasteiger partial charge in [-0.15, -0.1) is 11.8 Å². The zero-order valence-corrected chi connectivity index (χ0v) is 15.3. The molecular formula is C13H20IN3S2. The molecule has 0 spiro atoms. The Hall–Kier alpha value is 0.310. The van der Waals surface area contributed by atoms with Gasteiger partial charge in [0.05, 0.1) is 8.82 Å². The van der Waals surface area contributed by atoms with Crippen LogP contribution in [0.5, 0.6) is 0 Å². The second kappa shape index (κ2) is 7.36. The van der Waals surface area contributed by atoms with Gasteiger partial charge in [0.15, 0.2) is 0 Å². The predicted molar refractivity (Wildman–Crippen MR) is 95.2 cm³/mol. The lowest BCUT2D eigenvalue weighted by molar-refractivity contribution is 0.854. The molecule has 0 aromatic carbocycles. The molecular weight excluding hydrogens is 389 g/mol. The molecule has 0 radical (unpaired) electrons. The maximum atomic E-state index is 4.73. The van der Waals surface area contributed by atoms with E-state index in [0.29, 0.717) is 10.5 Å². The summed E-state index contributed by atoms with van der Waals surface area (Å²) in [5.41, 5.74) is 0. The Morgan fingerprint density at radius 3 is 2.89 bits per heavy atom. The largest absolute Gasteiger partial charge is 0.369 e. The van der Waals surface area contributed by atoms with Crippen molar-refractivity contribution >= 4 is 51.9 Å². The van der Waals surface area contributed by atoms with E-state index in [1.165, 1.54) is 0 Å². The number of hydrogen-bond donors (Lipinski definition) is 1. The fourth-order valence-corrected chi connectivity index (χ4v) is 5.12. The van der Waals surface area contributed by atoms with Gasteiger partial charge in [-0.3, -0.25) is 0 Å². The third-order valence-corrected chi connectivity index (χ3v) is 7.32. The van der Waals surface area contributed by atoms with Crippen molar-refractivity contribution in [2.45, 2.75) is 42.9 Å². The van der Waals surface area contributed by atoms with Gasteiger partial charge in [0.1, 0.15) is 11.6 Å². The number of anilines is 1. The number of thioether (sulfide) groups is 2. The number of nitrogens with one attached hydrogen (secondary N) is 1. The molecule has 0 amide bonds. The Morgan fingerprint density at radius 2 is 2.21 bits per heavy atom. The molecule has 1 aromatic heterocycles. The Kier molecular flexibility index (Phi) is 6.08. The molecule has 0 saturated carbocycles. The first-order valence-electron chi connectivity index (χ1n) is 6.65. The Bertz CT molecular complexity index is 430. The third-order valence-electron chi connectivity index (χ3n) is 3.14. The summed E-state index contributed by atoms with van der Waals surface area (Å²) in [4.78, 5) is 9.27. The van der Waals surface area contributed by atoms with Crippen LogP contribution in [0.3, 0.4) is 0 Å². The molecule has 0 bridgehead atoms. The monoisotopic (exact) mass is 409 g/mol. The van der Waals surface area contributed by atoms with E-state index in [-0.39, 0.29) is 0 Å². The SMILES string of the molecule is CCCNc1nc(C2CSC(C)C(C)S2)ncc1I. The highest BCUT2D eigenvalue weighted by Gasteiger charge is 2.28. The number of hydrogen-bond acceptors (Lipinski definition) is 5. The summed E-state index contributed by atoms with van der Waals surface area (Å²) in [6.45, 7) is 7.74. The van der Waals surface area contributed by atoms with E-state index in [9.17, 15) is 0 Å². The zero-order chi connectivity index (χ0) is 13.8. The maximum absolute atomic E-state index is 4.73. The lowest BCUT2D eigenvalue weighted by Crippen LogP contribution is -2.23. The molecule has 3 atom stereocenters. The van der Waals surface area contributed by atoms with Crippen molar-refractivity contribution in [1.82, 2.24) is 9.97 Å². The molecule has 0 aliphatic carbocycles. The standard InChI is InChI=1S/C13H20IN3S2/c1-4-5-15-12-10(14)6-16-13(17-12)11-7-18-8(2)9(3)19-11/h6,8-9,11H,4-5,7H2,1-3H3,(H,15,16,17). The van der Waals surface area contributed by atoms with E-state index >= 15 is 0 Å². The van der Waals surface area contributed by atoms with Gasteiger partial charge in [0.25, 0.3) is 0 Å². The summed E-state index contributed by atoms with van der Waals surface area (Å²) in [7, 11) is 0. The van der Waals surface area contributed by atoms with Crippen LogP contribution in [-0.4, -0.2) is 32.8 Å². The molecule has 1 N–H and O–H groups in total. The van der Waals surface area contributed by atoms with Gasteiger partial charge in [-0.05, 0) is 29.0 Å². The summed E-state index contributed by atoms with van der Waals surface area (Å²) in [5, 5.41) is 5.20. The summed E-state index contributed by atoms with van der Waals surface area (Å²) >= 11 is 6.34. The predicted octanol–water partition coefficient (Wildman–Crippen LogP) is 4.20. The van der Waals surface area contributed by atoms with Gasteiger partial charge in [-0.1, -0.05) is 20.8 Å². The zero-order valence-electron chi connectivity index (χ0n) is 11.5. The van der Waals surface area contributed by atoms with Crippen LogP contribution in [0.4, 0.5) is 5.82 Å². The Morgan fingerprint density at radius 1 is 1.42 bits per heavy atom. The molecule has 3 nitrogen and oxygen atoms in total. The van der Waals surface area contributed by atoms with Crippen molar-refractivity contribution in [2.24, 2.45) is 0 Å². The maximum Gasteiger partial charge on any atom is 0.144 e. The molecule has 1 aliphatic rings. The van der Waals surface area contributed by atoms with E-state index in [1.807, 2.05) is 29.7 Å². The molecule has 1 aliphatic heterocycles. The van der Waals surface area contributed by atoms with Crippen LogP contribution in [0.2, 0.25) is 0 Å². The normalized spacial score (nSPS) is 27.3. The topological polar surface area (TPSA) is 37.8 Å². The average Bonchev–Trinajstić information content (AvgIpc) is 2.41. The second-order valence-electron chi connectivity index (χ2n) is 4.72. The van der Waals surface area contributed by atoms with Gasteiger partial charge in [-0.2, -0.15) is 11.8 Å². The number of aromatic nitrogens is 2. The molecule has 1 saturated heterocycles. The lowest BCUT2D eigenvalue weighted by atomic mass is 10.3. The van der Waals surface area contributed by atoms with Crippen molar-refractivity contribution < 1.29 is 0 Å². The summed E-state index contributed by atoms with van der Waals surface area (Å²) in [6.07, 6.45) is 3.05. The third kappa shape index (κ3) is 4.14. The summed E-state index contributed by atoms with van der Waals surface area (Å²) in [5.74, 6) is 3.09. The van der Waals surface area contributed by atoms with Crippen LogP contribution in [0.25, 0.3) is 0 Å². The highest BCUT2D eigenvalue weighted by Crippen LogP contribution is 2.43. The minimum atomic E-state index is 0.426. The molecule has 19 heavy (non-hydrogen) atoms. The molecule has 2 rings (SSSR count). The number of nitrogens with zero attached hydrogens (tertiary/aromatic N) is 2. The van der Waals surface area contributed by atoms with Crippen LogP contribution in [-0.2, 0) is 0 Å². The molecule has 2 heterocycles. The fourth-order valence-electron chi connectivity index (χ4n) is 1.82. The first-order valence-corrected chi connectivity index (χ1v) is 9.72. The second-order valence-corrected chi connectivity index (χ2v) is 8.88. The first kappa shape index (κ1) is 15.7. The summed E-state index contributed by atoms with van der Waals surface area (Å²) in [6, 6.07) is 0. The van der Waals surface area contributed by atoms with Crippen molar-refractivity contribution in [1.29, 1.82) is 0 Å². The fraction of sp³-hybridized carbons (Fsp3) is 0.692. The van der Waals surface area contributed by atoms with Crippen molar-refractivity contribution in [3.8, 4) is 0 Å². The van der Waals surface area contributed by atoms with Crippen LogP contribution >= 0.6 is 46.1 Å². The first-order chi connectivity index (χ1) is 9.11. The van der Waals surface area contributed by atoms with E-state index < -0.39 is 0 Å². The highest BCUT2D eigenvalue weighted by atomic mass is 127. The molecule has 6 heteroatoms. The van der Waals surface area contributed by atoms with Crippen LogP contribution in [0, 0.1) is 3.57 Å². The van der Waals surface area contributed by atoms with Gasteiger partial charge < -0.3 is 5.32 Å². The van der Waals surface area contributed by atoms with E-state index in [1.54, 1.807) is 0 Å². The van der Waals surface area contributed by atoms with Gasteiger partial charge >= 0.3 is 0 Å². The van der Waals surface area contributed by atoms with Crippen LogP contribution in [0.15, 0.2) is 6.20 Å².